The summed E-state index contributed by atoms with van der Waals surface area (Å²) < 4.78 is 14.9. The molecule has 2 aliphatic heterocycles. The maximum absolute atomic E-state index is 13.1. The third-order valence-electron chi connectivity index (χ3n) is 11.4. The number of nitrogens with zero attached hydrogens (tertiary/aromatic N) is 8. The molecule has 0 radical (unpaired) electrons. The second-order valence-corrected chi connectivity index (χ2v) is 18.7. The molecular weight excluding hydrogens is 833 g/mol. The fourth-order valence-electron chi connectivity index (χ4n) is 8.43. The van der Waals surface area contributed by atoms with E-state index in [0.717, 1.165) is 47.4 Å². The first-order valence-corrected chi connectivity index (χ1v) is 22.7. The first kappa shape index (κ1) is 49.4. The fraction of sp³-hybridized carbons (Fsp3) is 0.423. The highest BCUT2D eigenvalue weighted by atomic mass is 16.5. The number of hydrogen-bond donors (Lipinski definition) is 2. The Labute approximate surface area is 389 Å². The first-order valence-electron chi connectivity index (χ1n) is 22.7. The Morgan fingerprint density at radius 3 is 1.45 bits per heavy atom. The molecule has 4 heterocycles. The fourth-order valence-corrected chi connectivity index (χ4v) is 8.43. The van der Waals surface area contributed by atoms with Gasteiger partial charge in [-0.05, 0) is 28.4 Å². The molecule has 3 unspecified atom stereocenters. The lowest BCUT2D eigenvalue weighted by Crippen LogP contribution is -2.45. The molecule has 2 aromatic heterocycles. The van der Waals surface area contributed by atoms with Crippen molar-refractivity contribution in [3.05, 3.63) is 144 Å². The van der Waals surface area contributed by atoms with E-state index in [1.807, 2.05) is 116 Å². The number of amides is 2. The number of ether oxygens (including phenoxy) is 2. The van der Waals surface area contributed by atoms with Gasteiger partial charge in [-0.1, -0.05) is 163 Å². The Morgan fingerprint density at radius 2 is 1.02 bits per heavy atom. The molecular formula is C52H66N8O6. The van der Waals surface area contributed by atoms with Gasteiger partial charge in [0.25, 0.3) is 0 Å². The van der Waals surface area contributed by atoms with Gasteiger partial charge in [0.05, 0.1) is 31.8 Å². The molecule has 0 spiro atoms. The molecule has 14 nitrogen and oxygen atoms in total. The van der Waals surface area contributed by atoms with Crippen LogP contribution in [0.3, 0.4) is 0 Å². The Bertz CT molecular complexity index is 2410. The SMILES string of the molecule is CC(C)(C)C(c1nc(-c2ccccc2)nn1Cc1ccccc1)N1CC(CO)COCC1=O.CC(C)(C)C(c1nc(-c2ccccc2)nn1Cc1ccccc1)N1CCCOCC1=O.CO. The van der Waals surface area contributed by atoms with Crippen LogP contribution in [0.4, 0.5) is 0 Å². The van der Waals surface area contributed by atoms with Gasteiger partial charge >= 0.3 is 0 Å². The number of carbonyl (C=O) groups excluding carboxylic acids is 2. The van der Waals surface area contributed by atoms with Gasteiger partial charge in [0.2, 0.25) is 11.8 Å². The van der Waals surface area contributed by atoms with Gasteiger partial charge in [0, 0.05) is 50.5 Å². The van der Waals surface area contributed by atoms with Crippen molar-refractivity contribution in [3.63, 3.8) is 0 Å². The van der Waals surface area contributed by atoms with Crippen molar-refractivity contribution in [1.82, 2.24) is 39.3 Å². The van der Waals surface area contributed by atoms with Crippen molar-refractivity contribution >= 4 is 11.8 Å². The Kier molecular flexibility index (Phi) is 17.1. The van der Waals surface area contributed by atoms with Crippen LogP contribution in [0.15, 0.2) is 121 Å². The minimum Gasteiger partial charge on any atom is -0.400 e. The molecule has 2 saturated heterocycles. The zero-order chi connectivity index (χ0) is 47.3. The van der Waals surface area contributed by atoms with E-state index in [9.17, 15) is 14.7 Å². The van der Waals surface area contributed by atoms with E-state index in [4.69, 9.17) is 34.7 Å². The summed E-state index contributed by atoms with van der Waals surface area (Å²) in [6.45, 7) is 16.0. The number of aliphatic hydroxyl groups excluding tert-OH is 2. The second kappa shape index (κ2) is 22.9. The zero-order valence-electron chi connectivity index (χ0n) is 39.5. The number of carbonyl (C=O) groups is 2. The van der Waals surface area contributed by atoms with Gasteiger partial charge in [-0.2, -0.15) is 10.2 Å². The largest absolute Gasteiger partial charge is 0.400 e. The maximum Gasteiger partial charge on any atom is 0.249 e. The summed E-state index contributed by atoms with van der Waals surface area (Å²) in [6, 6.07) is 39.7. The molecule has 4 aromatic carbocycles. The standard InChI is InChI=1S/C26H32N4O3.C25H30N4O2.CH4O/c1-26(2,3)23(29-14-20(16-31)17-33-18-22(29)32)25-27-24(21-12-8-5-9-13-21)28-30(25)15-19-10-6-4-7-11-19;1-25(2,3)22(28-15-10-16-31-18-21(28)30)24-26-23(20-13-8-5-9-14-20)27-29(24)17-19-11-6-4-7-12-19;1-2/h4-13,20,23,31H,14-18H2,1-3H3;4-9,11-14,22H,10,15-18H2,1-3H3;2H,1H3. The number of hydrogen-bond acceptors (Lipinski definition) is 10. The van der Waals surface area contributed by atoms with Crippen molar-refractivity contribution in [1.29, 1.82) is 0 Å². The molecule has 2 aliphatic rings. The summed E-state index contributed by atoms with van der Waals surface area (Å²) in [7, 11) is 1.00. The minimum absolute atomic E-state index is 0.00143. The van der Waals surface area contributed by atoms with E-state index in [-0.39, 0.29) is 60.5 Å². The van der Waals surface area contributed by atoms with Gasteiger partial charge in [-0.25, -0.2) is 19.3 Å². The van der Waals surface area contributed by atoms with Crippen LogP contribution >= 0.6 is 0 Å². The highest BCUT2D eigenvalue weighted by molar-refractivity contribution is 5.79. The summed E-state index contributed by atoms with van der Waals surface area (Å²) in [5, 5.41) is 26.6. The van der Waals surface area contributed by atoms with Crippen molar-refractivity contribution in [2.45, 2.75) is 73.1 Å². The third-order valence-corrected chi connectivity index (χ3v) is 11.4. The molecule has 0 bridgehead atoms. The highest BCUT2D eigenvalue weighted by Crippen LogP contribution is 2.41. The summed E-state index contributed by atoms with van der Waals surface area (Å²) in [6.07, 6.45) is 0.816. The maximum atomic E-state index is 13.1. The van der Waals surface area contributed by atoms with E-state index in [0.29, 0.717) is 51.0 Å². The predicted molar refractivity (Wildman–Crippen MR) is 255 cm³/mol. The molecule has 350 valence electrons. The first-order chi connectivity index (χ1) is 31.8. The predicted octanol–water partition coefficient (Wildman–Crippen LogP) is 7.49. The summed E-state index contributed by atoms with van der Waals surface area (Å²) in [4.78, 5) is 39.9. The van der Waals surface area contributed by atoms with Crippen LogP contribution in [0.2, 0.25) is 0 Å². The van der Waals surface area contributed by atoms with E-state index in [2.05, 4.69) is 65.8 Å². The number of aromatic nitrogens is 6. The normalized spacial score (nSPS) is 16.8. The lowest BCUT2D eigenvalue weighted by molar-refractivity contribution is -0.139. The number of benzene rings is 4. The zero-order valence-corrected chi connectivity index (χ0v) is 39.5. The Hall–Kier alpha value is -6.06. The van der Waals surface area contributed by atoms with E-state index >= 15 is 0 Å². The van der Waals surface area contributed by atoms with Crippen LogP contribution in [-0.4, -0.2) is 115 Å². The summed E-state index contributed by atoms with van der Waals surface area (Å²) >= 11 is 0. The molecule has 0 saturated carbocycles. The van der Waals surface area contributed by atoms with Gasteiger partial charge in [0.15, 0.2) is 23.3 Å². The second-order valence-electron chi connectivity index (χ2n) is 18.7. The van der Waals surface area contributed by atoms with Crippen LogP contribution in [0.25, 0.3) is 22.8 Å². The van der Waals surface area contributed by atoms with Crippen LogP contribution in [0.1, 0.15) is 82.8 Å². The molecule has 66 heavy (non-hydrogen) atoms. The smallest absolute Gasteiger partial charge is 0.249 e. The molecule has 14 heteroatoms. The average molecular weight is 899 g/mol. The van der Waals surface area contributed by atoms with E-state index in [1.54, 1.807) is 0 Å². The molecule has 2 amide bonds. The lowest BCUT2D eigenvalue weighted by Gasteiger charge is -2.39. The van der Waals surface area contributed by atoms with E-state index < -0.39 is 0 Å². The Balaban J connectivity index is 0.000000211. The quantitative estimate of drug-likeness (QED) is 0.133. The van der Waals surface area contributed by atoms with Gasteiger partial charge in [0.1, 0.15) is 13.2 Å². The summed E-state index contributed by atoms with van der Waals surface area (Å²) in [5.41, 5.74) is 3.59. The van der Waals surface area contributed by atoms with Gasteiger partial charge in [-0.15, -0.1) is 0 Å². The average Bonchev–Trinajstić information content (AvgIpc) is 3.78. The van der Waals surface area contributed by atoms with Crippen LogP contribution in [0.5, 0.6) is 0 Å². The van der Waals surface area contributed by atoms with Crippen molar-refractivity contribution in [3.8, 4) is 22.8 Å². The van der Waals surface area contributed by atoms with Gasteiger partial charge in [-0.3, -0.25) is 9.59 Å². The van der Waals surface area contributed by atoms with Crippen LogP contribution < -0.4 is 0 Å². The summed E-state index contributed by atoms with van der Waals surface area (Å²) in [5.74, 6) is 2.63. The van der Waals surface area contributed by atoms with Crippen molar-refractivity contribution in [2.75, 3.05) is 53.2 Å². The van der Waals surface area contributed by atoms with Crippen LogP contribution in [0, 0.1) is 16.7 Å². The topological polar surface area (TPSA) is 161 Å². The molecule has 3 atom stereocenters. The lowest BCUT2D eigenvalue weighted by atomic mass is 9.84. The van der Waals surface area contributed by atoms with Crippen molar-refractivity contribution < 1.29 is 29.3 Å². The number of aliphatic hydroxyl groups is 2. The number of rotatable bonds is 11. The minimum atomic E-state index is -0.338. The molecule has 8 rings (SSSR count). The Morgan fingerprint density at radius 1 is 0.606 bits per heavy atom. The van der Waals surface area contributed by atoms with Crippen LogP contribution in [-0.2, 0) is 32.2 Å². The van der Waals surface area contributed by atoms with Crippen molar-refractivity contribution in [2.24, 2.45) is 16.7 Å². The van der Waals surface area contributed by atoms with Gasteiger partial charge < -0.3 is 29.5 Å². The molecule has 0 aliphatic carbocycles. The highest BCUT2D eigenvalue weighted by Gasteiger charge is 2.41. The monoisotopic (exact) mass is 899 g/mol. The molecule has 2 N–H and O–H groups in total. The molecule has 6 aromatic rings. The molecule has 2 fully saturated rings. The third kappa shape index (κ3) is 12.6. The van der Waals surface area contributed by atoms with E-state index in [1.165, 1.54) is 0 Å².